The number of halogens is 1. The summed E-state index contributed by atoms with van der Waals surface area (Å²) < 4.78 is 12.1. The first-order chi connectivity index (χ1) is 16.4. The fraction of sp³-hybridized carbons (Fsp3) is 0.318. The average Bonchev–Trinajstić information content (AvgIpc) is 3.36. The second kappa shape index (κ2) is 11.8. The molecule has 0 aliphatic rings. The normalized spacial score (nSPS) is 11.5. The average molecular weight is 488 g/mol. The van der Waals surface area contributed by atoms with Crippen molar-refractivity contribution in [3.05, 3.63) is 53.7 Å². The summed E-state index contributed by atoms with van der Waals surface area (Å²) in [6, 6.07) is 6.30. The molecule has 1 aromatic carbocycles. The zero-order chi connectivity index (χ0) is 24.5. The minimum atomic E-state index is -0.764. The Morgan fingerprint density at radius 2 is 1.97 bits per heavy atom. The van der Waals surface area contributed by atoms with Gasteiger partial charge in [-0.25, -0.2) is 9.97 Å². The standard InChI is InChI=1S/C22H26ClN7O4/c1-33-16-5-3-14(11-17(16)34-2)7-8-26-21(32)15(4-6-19(24)31)27-20-12-18(23)28-22(29-20)30-10-9-25-13-30/h3,5,9-13,15H,4,6-8H2,1-2H3,(H2,24,31)(H,26,32)(H,27,28,29). The van der Waals surface area contributed by atoms with Gasteiger partial charge in [-0.3, -0.25) is 14.2 Å². The van der Waals surface area contributed by atoms with E-state index in [4.69, 9.17) is 26.8 Å². The second-order valence-electron chi connectivity index (χ2n) is 7.28. The lowest BCUT2D eigenvalue weighted by Gasteiger charge is -2.19. The van der Waals surface area contributed by atoms with Gasteiger partial charge in [0, 0.05) is 31.4 Å². The van der Waals surface area contributed by atoms with Crippen LogP contribution in [0.25, 0.3) is 5.95 Å². The molecule has 1 atom stereocenters. The Hall–Kier alpha value is -3.86. The van der Waals surface area contributed by atoms with E-state index >= 15 is 0 Å². The molecule has 0 spiro atoms. The maximum absolute atomic E-state index is 12.9. The summed E-state index contributed by atoms with van der Waals surface area (Å²) in [7, 11) is 3.14. The summed E-state index contributed by atoms with van der Waals surface area (Å²) in [5, 5.41) is 6.10. The predicted molar refractivity (Wildman–Crippen MR) is 126 cm³/mol. The number of nitrogens with two attached hydrogens (primary N) is 1. The van der Waals surface area contributed by atoms with Crippen LogP contribution in [0, 0.1) is 0 Å². The van der Waals surface area contributed by atoms with Gasteiger partial charge < -0.3 is 25.8 Å². The molecule has 4 N–H and O–H groups in total. The van der Waals surface area contributed by atoms with Crippen molar-refractivity contribution in [2.45, 2.75) is 25.3 Å². The van der Waals surface area contributed by atoms with E-state index in [0.29, 0.717) is 30.3 Å². The third kappa shape index (κ3) is 6.82. The number of primary amides is 1. The zero-order valence-corrected chi connectivity index (χ0v) is 19.6. The number of hydrogen-bond acceptors (Lipinski definition) is 8. The zero-order valence-electron chi connectivity index (χ0n) is 18.8. The fourth-order valence-electron chi connectivity index (χ4n) is 3.20. The molecule has 1 unspecified atom stereocenters. The van der Waals surface area contributed by atoms with Crippen molar-refractivity contribution in [3.63, 3.8) is 0 Å². The third-order valence-electron chi connectivity index (χ3n) is 4.90. The molecule has 0 aliphatic carbocycles. The van der Waals surface area contributed by atoms with Crippen molar-refractivity contribution >= 4 is 29.2 Å². The number of nitrogens with one attached hydrogen (secondary N) is 2. The largest absolute Gasteiger partial charge is 0.493 e. The summed E-state index contributed by atoms with van der Waals surface area (Å²) in [6.07, 6.45) is 5.55. The molecule has 2 amide bonds. The number of methoxy groups -OCH3 is 2. The Morgan fingerprint density at radius 3 is 2.65 bits per heavy atom. The number of carbonyl (C=O) groups excluding carboxylic acids is 2. The molecule has 180 valence electrons. The number of rotatable bonds is 12. The molecule has 2 aromatic heterocycles. The van der Waals surface area contributed by atoms with E-state index in [1.54, 1.807) is 31.2 Å². The van der Waals surface area contributed by atoms with Crippen molar-refractivity contribution in [3.8, 4) is 17.4 Å². The summed E-state index contributed by atoms with van der Waals surface area (Å²) >= 11 is 6.14. The van der Waals surface area contributed by atoms with Crippen LogP contribution in [-0.4, -0.2) is 58.1 Å². The number of aromatic nitrogens is 4. The van der Waals surface area contributed by atoms with Crippen molar-refractivity contribution < 1.29 is 19.1 Å². The van der Waals surface area contributed by atoms with Gasteiger partial charge in [0.05, 0.1) is 14.2 Å². The lowest BCUT2D eigenvalue weighted by molar-refractivity contribution is -0.122. The van der Waals surface area contributed by atoms with Crippen molar-refractivity contribution in [1.29, 1.82) is 0 Å². The monoisotopic (exact) mass is 487 g/mol. The summed E-state index contributed by atoms with van der Waals surface area (Å²) in [4.78, 5) is 36.8. The highest BCUT2D eigenvalue weighted by Crippen LogP contribution is 2.27. The number of ether oxygens (including phenoxy) is 2. The van der Waals surface area contributed by atoms with Crippen molar-refractivity contribution in [2.75, 3.05) is 26.1 Å². The maximum atomic E-state index is 12.9. The van der Waals surface area contributed by atoms with E-state index in [2.05, 4.69) is 25.6 Å². The molecule has 3 rings (SSSR count). The predicted octanol–water partition coefficient (Wildman–Crippen LogP) is 1.74. The van der Waals surface area contributed by atoms with Crippen LogP contribution in [0.15, 0.2) is 43.0 Å². The van der Waals surface area contributed by atoms with Gasteiger partial charge in [0.1, 0.15) is 23.3 Å². The molecular formula is C22H26ClN7O4. The van der Waals surface area contributed by atoms with Crippen LogP contribution in [0.3, 0.4) is 0 Å². The van der Waals surface area contributed by atoms with Gasteiger partial charge in [-0.05, 0) is 30.5 Å². The highest BCUT2D eigenvalue weighted by Gasteiger charge is 2.20. The second-order valence-corrected chi connectivity index (χ2v) is 7.67. The Balaban J connectivity index is 1.67. The highest BCUT2D eigenvalue weighted by molar-refractivity contribution is 6.29. The van der Waals surface area contributed by atoms with Gasteiger partial charge in [0.25, 0.3) is 0 Å². The molecule has 2 heterocycles. The summed E-state index contributed by atoms with van der Waals surface area (Å²) in [5.41, 5.74) is 6.26. The molecular weight excluding hydrogens is 462 g/mol. The first-order valence-corrected chi connectivity index (χ1v) is 10.8. The first kappa shape index (κ1) is 24.8. The maximum Gasteiger partial charge on any atom is 0.242 e. The van der Waals surface area contributed by atoms with Crippen molar-refractivity contribution in [2.24, 2.45) is 5.73 Å². The van der Waals surface area contributed by atoms with Gasteiger partial charge in [-0.15, -0.1) is 0 Å². The number of imidazole rings is 1. The molecule has 3 aromatic rings. The molecule has 11 nitrogen and oxygen atoms in total. The highest BCUT2D eigenvalue weighted by atomic mass is 35.5. The van der Waals surface area contributed by atoms with Gasteiger partial charge in [-0.2, -0.15) is 4.98 Å². The van der Waals surface area contributed by atoms with E-state index < -0.39 is 11.9 Å². The van der Waals surface area contributed by atoms with Crippen LogP contribution in [0.5, 0.6) is 11.5 Å². The third-order valence-corrected chi connectivity index (χ3v) is 5.09. The van der Waals surface area contributed by atoms with Crippen LogP contribution in [0.1, 0.15) is 18.4 Å². The van der Waals surface area contributed by atoms with E-state index in [0.717, 1.165) is 5.56 Å². The quantitative estimate of drug-likeness (QED) is 0.327. The minimum absolute atomic E-state index is 0.0218. The molecule has 0 radical (unpaired) electrons. The minimum Gasteiger partial charge on any atom is -0.493 e. The number of amides is 2. The number of nitrogens with zero attached hydrogens (tertiary/aromatic N) is 4. The SMILES string of the molecule is COc1ccc(CCNC(=O)C(CCC(N)=O)Nc2cc(Cl)nc(-n3ccnc3)n2)cc1OC. The molecule has 0 saturated heterocycles. The van der Waals surface area contributed by atoms with Crippen molar-refractivity contribution in [1.82, 2.24) is 24.8 Å². The number of carbonyl (C=O) groups is 2. The Bertz CT molecular complexity index is 1120. The van der Waals surface area contributed by atoms with E-state index in [1.165, 1.54) is 12.4 Å². The van der Waals surface area contributed by atoms with Gasteiger partial charge >= 0.3 is 0 Å². The number of benzene rings is 1. The molecule has 0 aliphatic heterocycles. The Kier molecular flexibility index (Phi) is 8.63. The molecule has 0 bridgehead atoms. The van der Waals surface area contributed by atoms with Crippen LogP contribution in [0.4, 0.5) is 5.82 Å². The number of anilines is 1. The molecule has 12 heteroatoms. The Morgan fingerprint density at radius 1 is 1.18 bits per heavy atom. The fourth-order valence-corrected chi connectivity index (χ4v) is 3.37. The van der Waals surface area contributed by atoms with Gasteiger partial charge in [0.2, 0.25) is 17.8 Å². The van der Waals surface area contributed by atoms with E-state index in [9.17, 15) is 9.59 Å². The first-order valence-electron chi connectivity index (χ1n) is 10.5. The smallest absolute Gasteiger partial charge is 0.242 e. The van der Waals surface area contributed by atoms with Crippen LogP contribution in [-0.2, 0) is 16.0 Å². The van der Waals surface area contributed by atoms with E-state index in [1.807, 2.05) is 18.2 Å². The topological polar surface area (TPSA) is 146 Å². The lowest BCUT2D eigenvalue weighted by Crippen LogP contribution is -2.41. The Labute approximate surface area is 201 Å². The molecule has 0 saturated carbocycles. The van der Waals surface area contributed by atoms with Gasteiger partial charge in [-0.1, -0.05) is 17.7 Å². The summed E-state index contributed by atoms with van der Waals surface area (Å²) in [5.74, 6) is 1.04. The summed E-state index contributed by atoms with van der Waals surface area (Å²) in [6.45, 7) is 0.369. The van der Waals surface area contributed by atoms with Gasteiger partial charge in [0.15, 0.2) is 11.5 Å². The number of hydrogen-bond donors (Lipinski definition) is 3. The van der Waals surface area contributed by atoms with Crippen LogP contribution >= 0.6 is 11.6 Å². The molecule has 34 heavy (non-hydrogen) atoms. The van der Waals surface area contributed by atoms with Crippen LogP contribution in [0.2, 0.25) is 5.15 Å². The van der Waals surface area contributed by atoms with Crippen LogP contribution < -0.4 is 25.8 Å². The van der Waals surface area contributed by atoms with E-state index in [-0.39, 0.29) is 29.9 Å². The lowest BCUT2D eigenvalue weighted by atomic mass is 10.1. The molecule has 0 fully saturated rings.